The average Bonchev–Trinajstić information content (AvgIpc) is 2.72. The molecule has 0 aliphatic carbocycles. The summed E-state index contributed by atoms with van der Waals surface area (Å²) in [7, 11) is -3.99. The predicted octanol–water partition coefficient (Wildman–Crippen LogP) is 5.10. The first kappa shape index (κ1) is 21.9. The number of halogens is 1. The molecule has 0 heterocycles. The van der Waals surface area contributed by atoms with Crippen LogP contribution in [0.2, 0.25) is 5.02 Å². The maximum atomic E-state index is 13.4. The first-order valence-corrected chi connectivity index (χ1v) is 11.2. The molecule has 3 rings (SSSR count). The van der Waals surface area contributed by atoms with Crippen LogP contribution in [0.4, 0.5) is 11.4 Å². The lowest BCUT2D eigenvalue weighted by atomic mass is 10.1. The number of nitrogens with zero attached hydrogens (tertiary/aromatic N) is 1. The number of hydrogen-bond acceptors (Lipinski definition) is 3. The largest absolute Gasteiger partial charge is 0.324 e. The number of benzene rings is 3. The maximum absolute atomic E-state index is 13.4. The van der Waals surface area contributed by atoms with Crippen molar-refractivity contribution in [2.24, 2.45) is 0 Å². The second-order valence-electron chi connectivity index (χ2n) is 7.05. The lowest BCUT2D eigenvalue weighted by molar-refractivity contribution is -0.114. The van der Waals surface area contributed by atoms with Crippen LogP contribution in [0.1, 0.15) is 16.7 Å². The van der Waals surface area contributed by atoms with Crippen LogP contribution in [0.3, 0.4) is 0 Å². The van der Waals surface area contributed by atoms with E-state index in [1.165, 1.54) is 12.1 Å². The van der Waals surface area contributed by atoms with Gasteiger partial charge in [0.2, 0.25) is 5.91 Å². The standard InChI is InChI=1S/C23H23ClN2O3S/c1-16-8-7-11-21(18(16)3)25-23(27)15-26(22-14-19(24)13-12-17(22)2)30(28,29)20-9-5-4-6-10-20/h4-14H,15H2,1-3H3,(H,25,27). The molecule has 1 N–H and O–H groups in total. The minimum absolute atomic E-state index is 0.101. The summed E-state index contributed by atoms with van der Waals surface area (Å²) in [5.74, 6) is -0.442. The lowest BCUT2D eigenvalue weighted by Crippen LogP contribution is -2.38. The summed E-state index contributed by atoms with van der Waals surface area (Å²) in [4.78, 5) is 13.0. The zero-order valence-electron chi connectivity index (χ0n) is 17.0. The van der Waals surface area contributed by atoms with Gasteiger partial charge in [-0.05, 0) is 67.8 Å². The van der Waals surface area contributed by atoms with Gasteiger partial charge in [-0.2, -0.15) is 0 Å². The minimum atomic E-state index is -3.99. The van der Waals surface area contributed by atoms with Gasteiger partial charge in [-0.1, -0.05) is 48.0 Å². The second-order valence-corrected chi connectivity index (χ2v) is 9.35. The summed E-state index contributed by atoms with van der Waals surface area (Å²) >= 11 is 6.14. The van der Waals surface area contributed by atoms with E-state index in [-0.39, 0.29) is 11.4 Å². The van der Waals surface area contributed by atoms with Crippen molar-refractivity contribution in [3.8, 4) is 0 Å². The molecule has 5 nitrogen and oxygen atoms in total. The van der Waals surface area contributed by atoms with E-state index in [9.17, 15) is 13.2 Å². The van der Waals surface area contributed by atoms with Gasteiger partial charge in [-0.3, -0.25) is 9.10 Å². The molecule has 3 aromatic carbocycles. The molecule has 0 saturated carbocycles. The molecule has 1 amide bonds. The quantitative estimate of drug-likeness (QED) is 0.577. The van der Waals surface area contributed by atoms with Gasteiger partial charge in [-0.25, -0.2) is 8.42 Å². The van der Waals surface area contributed by atoms with Crippen LogP contribution in [-0.4, -0.2) is 20.9 Å². The molecule has 3 aromatic rings. The Kier molecular flexibility index (Phi) is 6.48. The van der Waals surface area contributed by atoms with Crippen LogP contribution in [0.15, 0.2) is 71.6 Å². The highest BCUT2D eigenvalue weighted by Crippen LogP contribution is 2.29. The molecule has 0 bridgehead atoms. The first-order chi connectivity index (χ1) is 14.2. The monoisotopic (exact) mass is 442 g/mol. The van der Waals surface area contributed by atoms with E-state index in [1.807, 2.05) is 26.0 Å². The molecule has 7 heteroatoms. The first-order valence-electron chi connectivity index (χ1n) is 9.40. The molecule has 0 aliphatic rings. The van der Waals surface area contributed by atoms with Gasteiger partial charge in [0.15, 0.2) is 0 Å². The smallest absolute Gasteiger partial charge is 0.264 e. The molecule has 0 aliphatic heterocycles. The van der Waals surface area contributed by atoms with E-state index in [0.717, 1.165) is 15.4 Å². The average molecular weight is 443 g/mol. The van der Waals surface area contributed by atoms with Gasteiger partial charge >= 0.3 is 0 Å². The van der Waals surface area contributed by atoms with E-state index in [0.29, 0.717) is 22.0 Å². The molecule has 0 fully saturated rings. The van der Waals surface area contributed by atoms with Gasteiger partial charge in [0.05, 0.1) is 10.6 Å². The third-order valence-corrected chi connectivity index (χ3v) is 6.95. The molecular weight excluding hydrogens is 420 g/mol. The molecule has 0 radical (unpaired) electrons. The van der Waals surface area contributed by atoms with Crippen molar-refractivity contribution in [1.82, 2.24) is 0 Å². The van der Waals surface area contributed by atoms with Crippen LogP contribution < -0.4 is 9.62 Å². The normalized spacial score (nSPS) is 11.2. The Morgan fingerprint density at radius 3 is 2.33 bits per heavy atom. The summed E-state index contributed by atoms with van der Waals surface area (Å²) in [6.45, 7) is 5.25. The van der Waals surface area contributed by atoms with Crippen LogP contribution in [0.5, 0.6) is 0 Å². The number of sulfonamides is 1. The van der Waals surface area contributed by atoms with Gasteiger partial charge < -0.3 is 5.32 Å². The Labute approximate surface area is 182 Å². The van der Waals surface area contributed by atoms with Crippen molar-refractivity contribution < 1.29 is 13.2 Å². The third-order valence-electron chi connectivity index (χ3n) is 4.94. The van der Waals surface area contributed by atoms with E-state index in [4.69, 9.17) is 11.6 Å². The molecule has 0 unspecified atom stereocenters. The zero-order chi connectivity index (χ0) is 21.9. The number of carbonyl (C=O) groups excluding carboxylic acids is 1. The molecule has 0 aromatic heterocycles. The van der Waals surface area contributed by atoms with Crippen LogP contribution in [0, 0.1) is 20.8 Å². The number of carbonyl (C=O) groups is 1. The van der Waals surface area contributed by atoms with Gasteiger partial charge in [0, 0.05) is 10.7 Å². The van der Waals surface area contributed by atoms with Crippen molar-refractivity contribution in [3.63, 3.8) is 0 Å². The number of nitrogens with one attached hydrogen (secondary N) is 1. The topological polar surface area (TPSA) is 66.5 Å². The number of hydrogen-bond donors (Lipinski definition) is 1. The van der Waals surface area contributed by atoms with Crippen LogP contribution in [-0.2, 0) is 14.8 Å². The summed E-state index contributed by atoms with van der Waals surface area (Å²) in [5, 5.41) is 3.22. The van der Waals surface area contributed by atoms with Crippen molar-refractivity contribution in [2.75, 3.05) is 16.2 Å². The Hall–Kier alpha value is -2.83. The van der Waals surface area contributed by atoms with Crippen LogP contribution in [0.25, 0.3) is 0 Å². The summed E-state index contributed by atoms with van der Waals surface area (Å²) in [6, 6.07) is 18.6. The molecule has 0 spiro atoms. The van der Waals surface area contributed by atoms with E-state index in [1.54, 1.807) is 49.4 Å². The number of rotatable bonds is 6. The predicted molar refractivity (Wildman–Crippen MR) is 122 cm³/mol. The van der Waals surface area contributed by atoms with Crippen molar-refractivity contribution in [2.45, 2.75) is 25.7 Å². The van der Waals surface area contributed by atoms with Crippen molar-refractivity contribution in [1.29, 1.82) is 0 Å². The Bertz CT molecular complexity index is 1180. The fourth-order valence-corrected chi connectivity index (χ4v) is 4.74. The highest BCUT2D eigenvalue weighted by Gasteiger charge is 2.28. The third kappa shape index (κ3) is 4.66. The highest BCUT2D eigenvalue weighted by molar-refractivity contribution is 7.92. The second kappa shape index (κ2) is 8.90. The highest BCUT2D eigenvalue weighted by atomic mass is 35.5. The Morgan fingerprint density at radius 2 is 1.63 bits per heavy atom. The fraction of sp³-hybridized carbons (Fsp3) is 0.174. The lowest BCUT2D eigenvalue weighted by Gasteiger charge is -2.26. The Balaban J connectivity index is 2.01. The van der Waals surface area contributed by atoms with E-state index < -0.39 is 15.9 Å². The van der Waals surface area contributed by atoms with E-state index in [2.05, 4.69) is 5.32 Å². The molecule has 0 saturated heterocycles. The van der Waals surface area contributed by atoms with Crippen molar-refractivity contribution in [3.05, 3.63) is 88.4 Å². The van der Waals surface area contributed by atoms with Crippen LogP contribution >= 0.6 is 11.6 Å². The Morgan fingerprint density at radius 1 is 0.933 bits per heavy atom. The maximum Gasteiger partial charge on any atom is 0.264 e. The molecular formula is C23H23ClN2O3S. The number of aryl methyl sites for hydroxylation is 2. The van der Waals surface area contributed by atoms with Gasteiger partial charge in [0.1, 0.15) is 6.54 Å². The summed E-state index contributed by atoms with van der Waals surface area (Å²) in [5.41, 5.74) is 3.68. The summed E-state index contributed by atoms with van der Waals surface area (Å²) < 4.78 is 27.9. The molecule has 0 atom stereocenters. The molecule has 156 valence electrons. The van der Waals surface area contributed by atoms with Gasteiger partial charge in [-0.15, -0.1) is 0 Å². The SMILES string of the molecule is Cc1ccc(Cl)cc1N(CC(=O)Nc1cccc(C)c1C)S(=O)(=O)c1ccccc1. The summed E-state index contributed by atoms with van der Waals surface area (Å²) in [6.07, 6.45) is 0. The zero-order valence-corrected chi connectivity index (χ0v) is 18.6. The number of amides is 1. The van der Waals surface area contributed by atoms with E-state index >= 15 is 0 Å². The van der Waals surface area contributed by atoms with Gasteiger partial charge in [0.25, 0.3) is 10.0 Å². The fourth-order valence-electron chi connectivity index (χ4n) is 3.08. The van der Waals surface area contributed by atoms with Crippen molar-refractivity contribution >= 4 is 38.9 Å². The minimum Gasteiger partial charge on any atom is -0.324 e. The number of anilines is 2. The molecule has 30 heavy (non-hydrogen) atoms.